The van der Waals surface area contributed by atoms with E-state index in [1.54, 1.807) is 29.1 Å². The zero-order valence-corrected chi connectivity index (χ0v) is 20.3. The Morgan fingerprint density at radius 3 is 2.40 bits per heavy atom. The fraction of sp³-hybridized carbons (Fsp3) is 0.179. The van der Waals surface area contributed by atoms with Crippen LogP contribution in [0.4, 0.5) is 11.4 Å². The van der Waals surface area contributed by atoms with Gasteiger partial charge in [0.05, 0.1) is 24.9 Å². The van der Waals surface area contributed by atoms with Gasteiger partial charge < -0.3 is 15.4 Å². The molecule has 35 heavy (non-hydrogen) atoms. The van der Waals surface area contributed by atoms with Crippen molar-refractivity contribution < 1.29 is 14.3 Å². The summed E-state index contributed by atoms with van der Waals surface area (Å²) in [6.45, 7) is 6.06. The van der Waals surface area contributed by atoms with Crippen molar-refractivity contribution in [3.8, 4) is 17.0 Å². The molecule has 0 aliphatic heterocycles. The van der Waals surface area contributed by atoms with Gasteiger partial charge in [0.2, 0.25) is 5.91 Å². The Morgan fingerprint density at radius 1 is 0.943 bits per heavy atom. The van der Waals surface area contributed by atoms with Crippen LogP contribution in [-0.2, 0) is 11.3 Å². The van der Waals surface area contributed by atoms with E-state index in [1.807, 2.05) is 55.5 Å². The van der Waals surface area contributed by atoms with Crippen molar-refractivity contribution >= 4 is 23.2 Å². The Labute approximate surface area is 204 Å². The molecule has 2 amide bonds. The first-order valence-corrected chi connectivity index (χ1v) is 11.3. The molecule has 0 spiro atoms. The van der Waals surface area contributed by atoms with Crippen LogP contribution in [0.3, 0.4) is 0 Å². The molecule has 7 nitrogen and oxygen atoms in total. The quantitative estimate of drug-likeness (QED) is 0.379. The van der Waals surface area contributed by atoms with Gasteiger partial charge in [0, 0.05) is 24.4 Å². The molecule has 0 aliphatic carbocycles. The second-order valence-corrected chi connectivity index (χ2v) is 8.42. The molecule has 0 radical (unpaired) electrons. The van der Waals surface area contributed by atoms with Crippen molar-refractivity contribution in [1.29, 1.82) is 0 Å². The number of nitrogens with zero attached hydrogens (tertiary/aromatic N) is 2. The molecule has 0 bridgehead atoms. The van der Waals surface area contributed by atoms with Crippen molar-refractivity contribution in [3.63, 3.8) is 0 Å². The van der Waals surface area contributed by atoms with E-state index >= 15 is 0 Å². The van der Waals surface area contributed by atoms with Crippen LogP contribution in [0.5, 0.6) is 5.75 Å². The number of amides is 2. The Morgan fingerprint density at radius 2 is 1.71 bits per heavy atom. The van der Waals surface area contributed by atoms with Gasteiger partial charge in [0.1, 0.15) is 11.4 Å². The minimum absolute atomic E-state index is 0.202. The Kier molecular flexibility index (Phi) is 6.96. The van der Waals surface area contributed by atoms with Gasteiger partial charge in [0.15, 0.2) is 0 Å². The Balaban J connectivity index is 1.72. The lowest BCUT2D eigenvalue weighted by atomic mass is 10.0. The first-order valence-electron chi connectivity index (χ1n) is 11.3. The van der Waals surface area contributed by atoms with E-state index in [4.69, 9.17) is 9.84 Å². The summed E-state index contributed by atoms with van der Waals surface area (Å²) in [6, 6.07) is 21.1. The van der Waals surface area contributed by atoms with E-state index in [0.29, 0.717) is 34.9 Å². The van der Waals surface area contributed by atoms with Crippen molar-refractivity contribution in [1.82, 2.24) is 9.78 Å². The zero-order valence-electron chi connectivity index (χ0n) is 20.3. The topological polar surface area (TPSA) is 85.3 Å². The van der Waals surface area contributed by atoms with E-state index in [2.05, 4.69) is 17.6 Å². The molecule has 7 heteroatoms. The number of rotatable bonds is 7. The van der Waals surface area contributed by atoms with Crippen LogP contribution in [0.1, 0.15) is 34.0 Å². The molecule has 0 fully saturated rings. The lowest BCUT2D eigenvalue weighted by Gasteiger charge is -2.12. The van der Waals surface area contributed by atoms with Gasteiger partial charge in [-0.1, -0.05) is 42.5 Å². The molecule has 2 N–H and O–H groups in total. The maximum absolute atomic E-state index is 13.5. The molecule has 1 aromatic heterocycles. The third-order valence-corrected chi connectivity index (χ3v) is 5.74. The van der Waals surface area contributed by atoms with Crippen molar-refractivity contribution in [3.05, 3.63) is 95.2 Å². The third kappa shape index (κ3) is 5.58. The summed E-state index contributed by atoms with van der Waals surface area (Å²) >= 11 is 0. The molecule has 0 atom stereocenters. The highest BCUT2D eigenvalue weighted by Gasteiger charge is 2.20. The minimum atomic E-state index is -0.323. The van der Waals surface area contributed by atoms with Gasteiger partial charge in [-0.25, -0.2) is 0 Å². The molecule has 0 unspecified atom stereocenters. The van der Waals surface area contributed by atoms with Gasteiger partial charge in [-0.15, -0.1) is 0 Å². The molecule has 0 saturated carbocycles. The van der Waals surface area contributed by atoms with Crippen LogP contribution >= 0.6 is 0 Å². The number of methoxy groups -OCH3 is 1. The van der Waals surface area contributed by atoms with Crippen LogP contribution in [0, 0.1) is 13.8 Å². The number of aromatic nitrogens is 2. The smallest absolute Gasteiger partial charge is 0.259 e. The lowest BCUT2D eigenvalue weighted by molar-refractivity contribution is -0.114. The monoisotopic (exact) mass is 468 g/mol. The largest absolute Gasteiger partial charge is 0.495 e. The maximum atomic E-state index is 13.5. The number of anilines is 2. The minimum Gasteiger partial charge on any atom is -0.495 e. The Hall–Kier alpha value is -4.39. The van der Waals surface area contributed by atoms with E-state index in [9.17, 15) is 9.59 Å². The van der Waals surface area contributed by atoms with Crippen LogP contribution in [-0.4, -0.2) is 28.7 Å². The maximum Gasteiger partial charge on any atom is 0.259 e. The van der Waals surface area contributed by atoms with Crippen LogP contribution in [0.25, 0.3) is 11.3 Å². The predicted molar refractivity (Wildman–Crippen MR) is 138 cm³/mol. The molecule has 0 aliphatic rings. The average Bonchev–Trinajstić information content (AvgIpc) is 3.25. The number of ether oxygens (including phenoxy) is 1. The van der Waals surface area contributed by atoms with E-state index < -0.39 is 0 Å². The predicted octanol–water partition coefficient (Wildman–Crippen LogP) is 5.43. The molecule has 3 aromatic carbocycles. The highest BCUT2D eigenvalue weighted by atomic mass is 16.5. The first kappa shape index (κ1) is 23.8. The summed E-state index contributed by atoms with van der Waals surface area (Å²) in [4.78, 5) is 25.0. The van der Waals surface area contributed by atoms with Gasteiger partial charge in [-0.05, 0) is 54.8 Å². The molecule has 4 aromatic rings. The highest BCUT2D eigenvalue weighted by Crippen LogP contribution is 2.30. The number of benzene rings is 3. The molecule has 4 rings (SSSR count). The molecular weight excluding hydrogens is 440 g/mol. The zero-order chi connectivity index (χ0) is 24.9. The molecular formula is C28H28N4O3. The fourth-order valence-electron chi connectivity index (χ4n) is 3.82. The van der Waals surface area contributed by atoms with Gasteiger partial charge in [-0.3, -0.25) is 14.3 Å². The summed E-state index contributed by atoms with van der Waals surface area (Å²) in [7, 11) is 1.53. The summed E-state index contributed by atoms with van der Waals surface area (Å²) < 4.78 is 7.20. The second kappa shape index (κ2) is 10.3. The number of carbonyl (C=O) groups excluding carboxylic acids is 2. The summed E-state index contributed by atoms with van der Waals surface area (Å²) in [6.07, 6.45) is 1.76. The normalized spacial score (nSPS) is 10.6. The number of hydrogen-bond donors (Lipinski definition) is 2. The second-order valence-electron chi connectivity index (χ2n) is 8.42. The Bertz CT molecular complexity index is 1380. The molecule has 178 valence electrons. The number of aryl methyl sites for hydroxylation is 2. The SMILES string of the molecule is COc1ccc(NC(C)=O)cc1NC(=O)c1cn(Cc2ccccc2)nc1-c1ccc(C)c(C)c1. The number of carbonyl (C=O) groups is 2. The average molecular weight is 469 g/mol. The van der Waals surface area contributed by atoms with Gasteiger partial charge in [0.25, 0.3) is 5.91 Å². The lowest BCUT2D eigenvalue weighted by Crippen LogP contribution is -2.14. The summed E-state index contributed by atoms with van der Waals surface area (Å²) in [5.74, 6) is -0.0423. The van der Waals surface area contributed by atoms with Gasteiger partial charge in [-0.2, -0.15) is 5.10 Å². The van der Waals surface area contributed by atoms with Crippen molar-refractivity contribution in [2.24, 2.45) is 0 Å². The van der Waals surface area contributed by atoms with E-state index in [1.165, 1.54) is 19.6 Å². The first-order chi connectivity index (χ1) is 16.8. The van der Waals surface area contributed by atoms with E-state index in [-0.39, 0.29) is 11.8 Å². The number of nitrogens with one attached hydrogen (secondary N) is 2. The summed E-state index contributed by atoms with van der Waals surface area (Å²) in [5.41, 5.74) is 6.28. The van der Waals surface area contributed by atoms with Crippen molar-refractivity contribution in [2.75, 3.05) is 17.7 Å². The molecule has 1 heterocycles. The standard InChI is InChI=1S/C28H28N4O3/c1-18-10-11-22(14-19(18)2)27-24(17-32(31-27)16-21-8-6-5-7-9-21)28(34)30-25-15-23(29-20(3)33)12-13-26(25)35-4/h5-15,17H,16H2,1-4H3,(H,29,33)(H,30,34). The van der Waals surface area contributed by atoms with Crippen LogP contribution in [0.15, 0.2) is 72.9 Å². The molecule has 0 saturated heterocycles. The van der Waals surface area contributed by atoms with Gasteiger partial charge >= 0.3 is 0 Å². The van der Waals surface area contributed by atoms with Crippen LogP contribution in [0.2, 0.25) is 0 Å². The number of hydrogen-bond acceptors (Lipinski definition) is 4. The van der Waals surface area contributed by atoms with Crippen molar-refractivity contribution in [2.45, 2.75) is 27.3 Å². The fourth-order valence-corrected chi connectivity index (χ4v) is 3.82. The van der Waals surface area contributed by atoms with Crippen LogP contribution < -0.4 is 15.4 Å². The third-order valence-electron chi connectivity index (χ3n) is 5.74. The van der Waals surface area contributed by atoms with E-state index in [0.717, 1.165) is 16.7 Å². The highest BCUT2D eigenvalue weighted by molar-refractivity contribution is 6.09. The summed E-state index contributed by atoms with van der Waals surface area (Å²) in [5, 5.41) is 10.4.